The zero-order valence-electron chi connectivity index (χ0n) is 12.7. The molecule has 7 heteroatoms. The maximum atomic E-state index is 12.3. The van der Waals surface area contributed by atoms with Crippen molar-refractivity contribution < 1.29 is 4.79 Å². The maximum Gasteiger partial charge on any atom is 0.196 e. The second-order valence-electron chi connectivity index (χ2n) is 5.06. The van der Waals surface area contributed by atoms with Crippen LogP contribution in [-0.2, 0) is 0 Å². The quantitative estimate of drug-likeness (QED) is 0.470. The monoisotopic (exact) mass is 377 g/mol. The summed E-state index contributed by atoms with van der Waals surface area (Å²) in [6.45, 7) is 1.87. The number of aryl methyl sites for hydroxylation is 1. The largest absolute Gasteiger partial charge is 0.293 e. The maximum absolute atomic E-state index is 12.3. The molecule has 0 atom stereocenters. The van der Waals surface area contributed by atoms with Crippen molar-refractivity contribution in [2.45, 2.75) is 12.1 Å². The van der Waals surface area contributed by atoms with E-state index in [0.717, 1.165) is 11.5 Å². The Hall–Kier alpha value is -1.82. The molecule has 1 heterocycles. The molecule has 0 radical (unpaired) electrons. The number of rotatable bonds is 5. The summed E-state index contributed by atoms with van der Waals surface area (Å²) >= 11 is 13.1. The molecule has 0 fully saturated rings. The smallest absolute Gasteiger partial charge is 0.196 e. The van der Waals surface area contributed by atoms with Crippen LogP contribution in [-0.4, -0.2) is 26.3 Å². The summed E-state index contributed by atoms with van der Waals surface area (Å²) in [6.07, 6.45) is 0. The molecule has 0 amide bonds. The number of hydrogen-bond donors (Lipinski definition) is 0. The Kier molecular flexibility index (Phi) is 5.23. The fourth-order valence-corrected chi connectivity index (χ4v) is 3.32. The first-order valence-electron chi connectivity index (χ1n) is 7.14. The van der Waals surface area contributed by atoms with Crippen LogP contribution in [0, 0.1) is 6.92 Å². The average molecular weight is 378 g/mol. The minimum atomic E-state index is 0.0139. The third-order valence-corrected chi connectivity index (χ3v) is 4.81. The Morgan fingerprint density at radius 2 is 1.58 bits per heavy atom. The van der Waals surface area contributed by atoms with E-state index in [0.29, 0.717) is 20.8 Å². The fraction of sp³-hybridized carbons (Fsp3) is 0.118. The number of Topliss-reactive ketones (excluding diaryl/α,β-unsaturated/α-hetero) is 1. The Bertz CT molecular complexity index is 861. The Morgan fingerprint density at radius 1 is 1.00 bits per heavy atom. The lowest BCUT2D eigenvalue weighted by Crippen LogP contribution is -2.04. The fourth-order valence-electron chi connectivity index (χ4n) is 2.17. The van der Waals surface area contributed by atoms with Gasteiger partial charge < -0.3 is 0 Å². The van der Waals surface area contributed by atoms with E-state index in [4.69, 9.17) is 23.2 Å². The van der Waals surface area contributed by atoms with Gasteiger partial charge in [-0.3, -0.25) is 9.36 Å². The van der Waals surface area contributed by atoms with Gasteiger partial charge in [0.2, 0.25) is 0 Å². The molecule has 1 aromatic heterocycles. The second-order valence-corrected chi connectivity index (χ2v) is 6.88. The number of aromatic nitrogens is 3. The Labute approximate surface area is 153 Å². The summed E-state index contributed by atoms with van der Waals surface area (Å²) in [5.41, 5.74) is 1.53. The van der Waals surface area contributed by atoms with Gasteiger partial charge in [-0.05, 0) is 55.5 Å². The van der Waals surface area contributed by atoms with Gasteiger partial charge >= 0.3 is 0 Å². The molecule has 0 aliphatic rings. The van der Waals surface area contributed by atoms with Crippen molar-refractivity contribution in [2.24, 2.45) is 0 Å². The highest BCUT2D eigenvalue weighted by Gasteiger charge is 2.14. The lowest BCUT2D eigenvalue weighted by atomic mass is 10.1. The molecule has 2 aromatic carbocycles. The van der Waals surface area contributed by atoms with Gasteiger partial charge in [-0.2, -0.15) is 0 Å². The first-order chi connectivity index (χ1) is 11.5. The SMILES string of the molecule is Cc1nnc(SCC(=O)c2ccc(Cl)cc2)n1-c1ccc(Cl)cc1. The number of nitrogens with zero attached hydrogens (tertiary/aromatic N) is 3. The molecule has 0 unspecified atom stereocenters. The lowest BCUT2D eigenvalue weighted by molar-refractivity contribution is 0.102. The number of thioether (sulfide) groups is 1. The van der Waals surface area contributed by atoms with Crippen LogP contribution in [0.5, 0.6) is 0 Å². The van der Waals surface area contributed by atoms with Crippen molar-refractivity contribution in [3.05, 3.63) is 70.0 Å². The van der Waals surface area contributed by atoms with Gasteiger partial charge in [0.25, 0.3) is 0 Å². The van der Waals surface area contributed by atoms with E-state index in [9.17, 15) is 4.79 Å². The molecule has 3 aromatic rings. The van der Waals surface area contributed by atoms with Crippen LogP contribution in [0.1, 0.15) is 16.2 Å². The van der Waals surface area contributed by atoms with Gasteiger partial charge in [0.05, 0.1) is 5.75 Å². The van der Waals surface area contributed by atoms with Crippen LogP contribution in [0.2, 0.25) is 10.0 Å². The predicted molar refractivity (Wildman–Crippen MR) is 97.6 cm³/mol. The summed E-state index contributed by atoms with van der Waals surface area (Å²) in [6, 6.07) is 14.3. The predicted octanol–water partition coefficient (Wildman–Crippen LogP) is 4.86. The van der Waals surface area contributed by atoms with E-state index in [1.807, 2.05) is 35.8 Å². The molecule has 3 rings (SSSR count). The molecule has 0 N–H and O–H groups in total. The van der Waals surface area contributed by atoms with Crippen molar-refractivity contribution in [3.8, 4) is 5.69 Å². The van der Waals surface area contributed by atoms with E-state index >= 15 is 0 Å². The molecule has 0 aliphatic heterocycles. The third kappa shape index (κ3) is 3.80. The minimum Gasteiger partial charge on any atom is -0.293 e. The number of ketones is 1. The molecule has 4 nitrogen and oxygen atoms in total. The van der Waals surface area contributed by atoms with Crippen molar-refractivity contribution >= 4 is 40.7 Å². The molecule has 0 aliphatic carbocycles. The lowest BCUT2D eigenvalue weighted by Gasteiger charge is -2.08. The van der Waals surface area contributed by atoms with Gasteiger partial charge in [0, 0.05) is 21.3 Å². The zero-order chi connectivity index (χ0) is 17.1. The first-order valence-corrected chi connectivity index (χ1v) is 8.88. The van der Waals surface area contributed by atoms with Crippen LogP contribution in [0.3, 0.4) is 0 Å². The van der Waals surface area contributed by atoms with E-state index in [-0.39, 0.29) is 11.5 Å². The number of carbonyl (C=O) groups is 1. The highest BCUT2D eigenvalue weighted by atomic mass is 35.5. The Balaban J connectivity index is 1.77. The zero-order valence-corrected chi connectivity index (χ0v) is 15.1. The molecule has 0 saturated heterocycles. The molecule has 0 saturated carbocycles. The molecular formula is C17H13Cl2N3OS. The third-order valence-electron chi connectivity index (χ3n) is 3.38. The first kappa shape index (κ1) is 17.0. The van der Waals surface area contributed by atoms with Crippen molar-refractivity contribution in [1.82, 2.24) is 14.8 Å². The van der Waals surface area contributed by atoms with Crippen LogP contribution in [0.4, 0.5) is 0 Å². The topological polar surface area (TPSA) is 47.8 Å². The summed E-state index contributed by atoms with van der Waals surface area (Å²) < 4.78 is 1.90. The van der Waals surface area contributed by atoms with Gasteiger partial charge in [0.1, 0.15) is 5.82 Å². The summed E-state index contributed by atoms with van der Waals surface area (Å²) in [5.74, 6) is 1.03. The van der Waals surface area contributed by atoms with Gasteiger partial charge in [-0.15, -0.1) is 10.2 Å². The summed E-state index contributed by atoms with van der Waals surface area (Å²) in [7, 11) is 0. The van der Waals surface area contributed by atoms with E-state index in [1.54, 1.807) is 24.3 Å². The van der Waals surface area contributed by atoms with Crippen molar-refractivity contribution in [3.63, 3.8) is 0 Å². The van der Waals surface area contributed by atoms with Crippen LogP contribution in [0.15, 0.2) is 53.7 Å². The molecular weight excluding hydrogens is 365 g/mol. The molecule has 24 heavy (non-hydrogen) atoms. The van der Waals surface area contributed by atoms with Crippen molar-refractivity contribution in [1.29, 1.82) is 0 Å². The minimum absolute atomic E-state index is 0.0139. The van der Waals surface area contributed by atoms with E-state index in [2.05, 4.69) is 10.2 Å². The average Bonchev–Trinajstić information content (AvgIpc) is 2.95. The number of benzene rings is 2. The number of halogens is 2. The van der Waals surface area contributed by atoms with Gasteiger partial charge in [-0.25, -0.2) is 0 Å². The molecule has 0 spiro atoms. The highest BCUT2D eigenvalue weighted by molar-refractivity contribution is 7.99. The van der Waals surface area contributed by atoms with Crippen LogP contribution < -0.4 is 0 Å². The summed E-state index contributed by atoms with van der Waals surface area (Å²) in [4.78, 5) is 12.3. The highest BCUT2D eigenvalue weighted by Crippen LogP contribution is 2.24. The van der Waals surface area contributed by atoms with Crippen LogP contribution >= 0.6 is 35.0 Å². The number of carbonyl (C=O) groups excluding carboxylic acids is 1. The standard InChI is InChI=1S/C17H13Cl2N3OS/c1-11-20-21-17(22(11)15-8-6-14(19)7-9-15)24-10-16(23)12-2-4-13(18)5-3-12/h2-9H,10H2,1H3. The molecule has 0 bridgehead atoms. The van der Waals surface area contributed by atoms with Crippen molar-refractivity contribution in [2.75, 3.05) is 5.75 Å². The number of hydrogen-bond acceptors (Lipinski definition) is 4. The van der Waals surface area contributed by atoms with Gasteiger partial charge in [0.15, 0.2) is 10.9 Å². The normalized spacial score (nSPS) is 10.8. The second kappa shape index (κ2) is 7.38. The molecule has 122 valence electrons. The van der Waals surface area contributed by atoms with E-state index < -0.39 is 0 Å². The summed E-state index contributed by atoms with van der Waals surface area (Å²) in [5, 5.41) is 10.2. The Morgan fingerprint density at radius 3 is 2.21 bits per heavy atom. The van der Waals surface area contributed by atoms with Gasteiger partial charge in [-0.1, -0.05) is 35.0 Å². The van der Waals surface area contributed by atoms with Crippen LogP contribution in [0.25, 0.3) is 5.69 Å². The van der Waals surface area contributed by atoms with E-state index in [1.165, 1.54) is 11.8 Å².